The van der Waals surface area contributed by atoms with Gasteiger partial charge in [-0.1, -0.05) is 13.3 Å². The third-order valence-corrected chi connectivity index (χ3v) is 5.08. The van der Waals surface area contributed by atoms with E-state index in [4.69, 9.17) is 0 Å². The molecule has 1 aliphatic rings. The average molecular weight is 344 g/mol. The highest BCUT2D eigenvalue weighted by Gasteiger charge is 2.27. The lowest BCUT2D eigenvalue weighted by Gasteiger charge is -2.05. The molecule has 1 aromatic heterocycles. The molecule has 128 valence electrons. The highest BCUT2D eigenvalue weighted by Crippen LogP contribution is 2.38. The number of benzene rings is 1. The number of amides is 1. The van der Waals surface area contributed by atoms with E-state index in [9.17, 15) is 4.79 Å². The minimum Gasteiger partial charge on any atom is -0.326 e. The first-order chi connectivity index (χ1) is 11.8. The standard InChI is InChI=1S/C18H24N4OS/c1-2-3-11-24-12-10-16(23)19-15-8-6-14(7-9-15)18-20-17(21-22-18)13-4-5-13/h6-9,13H,2-5,10-12H2,1H3,(H,19,23)(H,20,21,22). The second-order valence-corrected chi connectivity index (χ2v) is 7.38. The molecule has 1 aliphatic carbocycles. The van der Waals surface area contributed by atoms with Crippen molar-refractivity contribution >= 4 is 23.4 Å². The molecule has 5 nitrogen and oxygen atoms in total. The molecule has 6 heteroatoms. The third-order valence-electron chi connectivity index (χ3n) is 4.01. The van der Waals surface area contributed by atoms with E-state index >= 15 is 0 Å². The average Bonchev–Trinajstić information content (AvgIpc) is 3.33. The monoisotopic (exact) mass is 344 g/mol. The first kappa shape index (κ1) is 17.0. The van der Waals surface area contributed by atoms with Gasteiger partial charge in [0.2, 0.25) is 5.91 Å². The molecule has 24 heavy (non-hydrogen) atoms. The van der Waals surface area contributed by atoms with E-state index in [1.165, 1.54) is 25.7 Å². The van der Waals surface area contributed by atoms with Crippen LogP contribution >= 0.6 is 11.8 Å². The van der Waals surface area contributed by atoms with E-state index < -0.39 is 0 Å². The molecular weight excluding hydrogens is 320 g/mol. The summed E-state index contributed by atoms with van der Waals surface area (Å²) in [6.07, 6.45) is 5.39. The Kier molecular flexibility index (Phi) is 5.91. The van der Waals surface area contributed by atoms with Gasteiger partial charge in [-0.2, -0.15) is 16.9 Å². The van der Waals surface area contributed by atoms with E-state index in [0.717, 1.165) is 34.4 Å². The lowest BCUT2D eigenvalue weighted by atomic mass is 10.2. The van der Waals surface area contributed by atoms with Crippen LogP contribution in [0.4, 0.5) is 5.69 Å². The normalized spacial score (nSPS) is 13.9. The molecule has 0 radical (unpaired) electrons. The predicted molar refractivity (Wildman–Crippen MR) is 99.3 cm³/mol. The summed E-state index contributed by atoms with van der Waals surface area (Å²) < 4.78 is 0. The second-order valence-electron chi connectivity index (χ2n) is 6.16. The Bertz CT molecular complexity index is 664. The van der Waals surface area contributed by atoms with Crippen LogP contribution in [0.5, 0.6) is 0 Å². The van der Waals surface area contributed by atoms with Crippen LogP contribution in [0, 0.1) is 0 Å². The summed E-state index contributed by atoms with van der Waals surface area (Å²) in [7, 11) is 0. The molecule has 3 rings (SSSR count). The molecule has 1 aromatic carbocycles. The fourth-order valence-corrected chi connectivity index (χ4v) is 3.41. The van der Waals surface area contributed by atoms with Crippen LogP contribution in [0.1, 0.15) is 50.8 Å². The number of aromatic amines is 1. The molecule has 0 aliphatic heterocycles. The van der Waals surface area contributed by atoms with Crippen LogP contribution in [0.15, 0.2) is 24.3 Å². The number of carbonyl (C=O) groups excluding carboxylic acids is 1. The number of thioether (sulfide) groups is 1. The van der Waals surface area contributed by atoms with Gasteiger partial charge in [-0.05, 0) is 49.3 Å². The minimum atomic E-state index is 0.0701. The Balaban J connectivity index is 1.47. The molecule has 1 heterocycles. The zero-order valence-corrected chi connectivity index (χ0v) is 14.9. The SMILES string of the molecule is CCCCSCCC(=O)Nc1ccc(-c2n[nH]c(C3CC3)n2)cc1. The quantitative estimate of drug-likeness (QED) is 0.669. The fourth-order valence-electron chi connectivity index (χ4n) is 2.38. The number of H-pyrrole nitrogens is 1. The van der Waals surface area contributed by atoms with Gasteiger partial charge in [-0.25, -0.2) is 4.98 Å². The number of aromatic nitrogens is 3. The van der Waals surface area contributed by atoms with Crippen LogP contribution in [0.25, 0.3) is 11.4 Å². The maximum Gasteiger partial charge on any atom is 0.225 e. The van der Waals surface area contributed by atoms with E-state index in [-0.39, 0.29) is 5.91 Å². The Labute approximate surface area is 147 Å². The summed E-state index contributed by atoms with van der Waals surface area (Å²) >= 11 is 1.85. The number of nitrogens with zero attached hydrogens (tertiary/aromatic N) is 2. The Morgan fingerprint density at radius 1 is 1.29 bits per heavy atom. The Morgan fingerprint density at radius 3 is 2.79 bits per heavy atom. The predicted octanol–water partition coefficient (Wildman–Crippen LogP) is 4.21. The summed E-state index contributed by atoms with van der Waals surface area (Å²) in [5, 5.41) is 10.2. The van der Waals surface area contributed by atoms with E-state index in [2.05, 4.69) is 27.4 Å². The van der Waals surface area contributed by atoms with Crippen LogP contribution in [0.3, 0.4) is 0 Å². The molecule has 1 amide bonds. The maximum atomic E-state index is 11.9. The molecule has 1 saturated carbocycles. The lowest BCUT2D eigenvalue weighted by molar-refractivity contribution is -0.115. The first-order valence-corrected chi connectivity index (χ1v) is 9.82. The molecule has 0 unspecified atom stereocenters. The third kappa shape index (κ3) is 4.84. The molecule has 2 N–H and O–H groups in total. The number of unbranched alkanes of at least 4 members (excludes halogenated alkanes) is 1. The largest absolute Gasteiger partial charge is 0.326 e. The summed E-state index contributed by atoms with van der Waals surface area (Å²) in [6, 6.07) is 7.71. The number of hydrogen-bond donors (Lipinski definition) is 2. The summed E-state index contributed by atoms with van der Waals surface area (Å²) in [5.74, 6) is 4.37. The van der Waals surface area contributed by atoms with Crippen LogP contribution < -0.4 is 5.32 Å². The van der Waals surface area contributed by atoms with Crippen LogP contribution in [0.2, 0.25) is 0 Å². The number of nitrogens with one attached hydrogen (secondary N) is 2. The van der Waals surface area contributed by atoms with Crippen molar-refractivity contribution in [2.45, 2.75) is 44.9 Å². The van der Waals surface area contributed by atoms with Crippen molar-refractivity contribution in [1.29, 1.82) is 0 Å². The smallest absolute Gasteiger partial charge is 0.225 e. The molecule has 2 aromatic rings. The maximum absolute atomic E-state index is 11.9. The van der Waals surface area contributed by atoms with Gasteiger partial charge in [0.25, 0.3) is 0 Å². The van der Waals surface area contributed by atoms with Crippen LogP contribution in [-0.4, -0.2) is 32.6 Å². The highest BCUT2D eigenvalue weighted by atomic mass is 32.2. The summed E-state index contributed by atoms with van der Waals surface area (Å²) in [6.45, 7) is 2.18. The van der Waals surface area contributed by atoms with Crippen molar-refractivity contribution in [3.63, 3.8) is 0 Å². The first-order valence-electron chi connectivity index (χ1n) is 8.66. The zero-order valence-electron chi connectivity index (χ0n) is 14.0. The van der Waals surface area contributed by atoms with Gasteiger partial charge in [0, 0.05) is 29.3 Å². The van der Waals surface area contributed by atoms with Gasteiger partial charge in [0.1, 0.15) is 5.82 Å². The van der Waals surface area contributed by atoms with Gasteiger partial charge in [0.15, 0.2) is 5.82 Å². The van der Waals surface area contributed by atoms with Crippen molar-refractivity contribution < 1.29 is 4.79 Å². The number of hydrogen-bond acceptors (Lipinski definition) is 4. The van der Waals surface area contributed by atoms with Crippen molar-refractivity contribution in [2.24, 2.45) is 0 Å². The van der Waals surface area contributed by atoms with Crippen molar-refractivity contribution in [2.75, 3.05) is 16.8 Å². The molecule has 0 saturated heterocycles. The molecule has 1 fully saturated rings. The van der Waals surface area contributed by atoms with E-state index in [1.54, 1.807) is 0 Å². The Morgan fingerprint density at radius 2 is 2.08 bits per heavy atom. The lowest BCUT2D eigenvalue weighted by Crippen LogP contribution is -2.12. The molecule has 0 bridgehead atoms. The van der Waals surface area contributed by atoms with E-state index in [0.29, 0.717) is 12.3 Å². The summed E-state index contributed by atoms with van der Waals surface area (Å²) in [4.78, 5) is 16.5. The van der Waals surface area contributed by atoms with Crippen molar-refractivity contribution in [3.8, 4) is 11.4 Å². The number of rotatable bonds is 9. The van der Waals surface area contributed by atoms with Gasteiger partial charge < -0.3 is 5.32 Å². The van der Waals surface area contributed by atoms with Crippen LogP contribution in [-0.2, 0) is 4.79 Å². The van der Waals surface area contributed by atoms with Crippen molar-refractivity contribution in [3.05, 3.63) is 30.1 Å². The molecular formula is C18H24N4OS. The molecule has 0 spiro atoms. The second kappa shape index (κ2) is 8.33. The van der Waals surface area contributed by atoms with Gasteiger partial charge in [-0.3, -0.25) is 9.89 Å². The highest BCUT2D eigenvalue weighted by molar-refractivity contribution is 7.99. The molecule has 0 atom stereocenters. The fraction of sp³-hybridized carbons (Fsp3) is 0.500. The topological polar surface area (TPSA) is 70.7 Å². The minimum absolute atomic E-state index is 0.0701. The van der Waals surface area contributed by atoms with Crippen molar-refractivity contribution in [1.82, 2.24) is 15.2 Å². The van der Waals surface area contributed by atoms with Gasteiger partial charge in [-0.15, -0.1) is 0 Å². The number of anilines is 1. The Hall–Kier alpha value is -1.82. The summed E-state index contributed by atoms with van der Waals surface area (Å²) in [5.41, 5.74) is 1.78. The number of carbonyl (C=O) groups is 1. The van der Waals surface area contributed by atoms with Gasteiger partial charge >= 0.3 is 0 Å². The van der Waals surface area contributed by atoms with Gasteiger partial charge in [0.05, 0.1) is 0 Å². The van der Waals surface area contributed by atoms with E-state index in [1.807, 2.05) is 36.0 Å². The zero-order chi connectivity index (χ0) is 16.8.